The number of anilines is 1. The number of pyridine rings is 1. The first-order valence-electron chi connectivity index (χ1n) is 5.96. The van der Waals surface area contributed by atoms with E-state index in [2.05, 4.69) is 15.6 Å². The molecule has 110 valence electrons. The second-order valence-corrected chi connectivity index (χ2v) is 4.82. The molecule has 8 heteroatoms. The summed E-state index contributed by atoms with van der Waals surface area (Å²) in [6.07, 6.45) is -3.52. The Bertz CT molecular complexity index is 484. The Kier molecular flexibility index (Phi) is 3.96. The van der Waals surface area contributed by atoms with E-state index in [0.717, 1.165) is 18.3 Å². The number of carbonyl (C=O) groups excluding carboxylic acids is 1. The Morgan fingerprint density at radius 1 is 1.50 bits per heavy atom. The molecule has 5 nitrogen and oxygen atoms in total. The monoisotopic (exact) mass is 289 g/mol. The molecule has 0 spiro atoms. The highest BCUT2D eigenvalue weighted by molar-refractivity contribution is 5.91. The van der Waals surface area contributed by atoms with Crippen LogP contribution in [0.15, 0.2) is 18.3 Å². The molecule has 0 bridgehead atoms. The minimum atomic E-state index is -4.49. The number of carbonyl (C=O) groups is 1. The summed E-state index contributed by atoms with van der Waals surface area (Å²) in [5.74, 6) is -0.431. The number of amides is 1. The Balaban J connectivity index is 1.85. The molecule has 1 aliphatic rings. The van der Waals surface area contributed by atoms with E-state index in [-0.39, 0.29) is 17.9 Å². The molecule has 2 rings (SSSR count). The number of nitrogens with one attached hydrogen (secondary N) is 2. The second-order valence-electron chi connectivity index (χ2n) is 4.82. The zero-order valence-corrected chi connectivity index (χ0v) is 10.8. The summed E-state index contributed by atoms with van der Waals surface area (Å²) in [7, 11) is 0. The van der Waals surface area contributed by atoms with Crippen molar-refractivity contribution in [2.45, 2.75) is 18.7 Å². The van der Waals surface area contributed by atoms with Crippen molar-refractivity contribution in [2.75, 3.05) is 25.0 Å². The smallest absolute Gasteiger partial charge is 0.363 e. The summed E-state index contributed by atoms with van der Waals surface area (Å²) in [6.45, 7) is 3.06. The highest BCUT2D eigenvalue weighted by atomic mass is 19.4. The lowest BCUT2D eigenvalue weighted by atomic mass is 10.0. The quantitative estimate of drug-likeness (QED) is 0.880. The zero-order chi connectivity index (χ0) is 14.8. The fourth-order valence-corrected chi connectivity index (χ4v) is 1.65. The first-order valence-corrected chi connectivity index (χ1v) is 5.96. The molecule has 1 aromatic heterocycles. The summed E-state index contributed by atoms with van der Waals surface area (Å²) < 4.78 is 42.3. The van der Waals surface area contributed by atoms with E-state index in [1.807, 2.05) is 6.92 Å². The number of hydrogen-bond acceptors (Lipinski definition) is 4. The van der Waals surface area contributed by atoms with Crippen LogP contribution in [-0.4, -0.2) is 36.2 Å². The molecule has 0 saturated carbocycles. The van der Waals surface area contributed by atoms with Crippen LogP contribution in [0.25, 0.3) is 0 Å². The van der Waals surface area contributed by atoms with E-state index < -0.39 is 17.8 Å². The van der Waals surface area contributed by atoms with Gasteiger partial charge in [0.25, 0.3) is 0 Å². The van der Waals surface area contributed by atoms with Crippen LogP contribution in [0.5, 0.6) is 0 Å². The van der Waals surface area contributed by atoms with Crippen LogP contribution in [0.3, 0.4) is 0 Å². The van der Waals surface area contributed by atoms with Crippen molar-refractivity contribution in [2.24, 2.45) is 0 Å². The number of ether oxygens (including phenoxy) is 1. The van der Waals surface area contributed by atoms with Gasteiger partial charge >= 0.3 is 6.18 Å². The van der Waals surface area contributed by atoms with E-state index in [1.165, 1.54) is 0 Å². The van der Waals surface area contributed by atoms with Crippen LogP contribution in [0.1, 0.15) is 12.6 Å². The number of alkyl halides is 3. The van der Waals surface area contributed by atoms with Crippen LogP contribution in [0.4, 0.5) is 18.9 Å². The van der Waals surface area contributed by atoms with Gasteiger partial charge in [0.1, 0.15) is 12.3 Å². The molecule has 0 aliphatic carbocycles. The highest BCUT2D eigenvalue weighted by Gasteiger charge is 2.33. The van der Waals surface area contributed by atoms with Gasteiger partial charge in [0.05, 0.1) is 17.5 Å². The second kappa shape index (κ2) is 5.37. The Hall–Kier alpha value is -1.67. The highest BCUT2D eigenvalue weighted by Crippen LogP contribution is 2.27. The van der Waals surface area contributed by atoms with Gasteiger partial charge in [-0.3, -0.25) is 4.79 Å². The number of halogens is 3. The Morgan fingerprint density at radius 3 is 2.65 bits per heavy atom. The van der Waals surface area contributed by atoms with Crippen LogP contribution in [0, 0.1) is 0 Å². The maximum atomic E-state index is 12.3. The molecule has 1 saturated heterocycles. The van der Waals surface area contributed by atoms with Gasteiger partial charge in [0, 0.05) is 13.1 Å². The van der Waals surface area contributed by atoms with Crippen molar-refractivity contribution in [1.29, 1.82) is 0 Å². The van der Waals surface area contributed by atoms with Gasteiger partial charge in [0.2, 0.25) is 5.91 Å². The molecule has 1 fully saturated rings. The molecule has 2 heterocycles. The van der Waals surface area contributed by atoms with E-state index in [1.54, 1.807) is 0 Å². The SMILES string of the molecule is CC1(OCC(=O)Nc2ccc(C(F)(F)F)nc2)CNC1. The number of aromatic nitrogens is 1. The van der Waals surface area contributed by atoms with E-state index in [4.69, 9.17) is 4.74 Å². The van der Waals surface area contributed by atoms with Crippen molar-refractivity contribution in [3.63, 3.8) is 0 Å². The predicted octanol–water partition coefficient (Wildman–Crippen LogP) is 1.42. The van der Waals surface area contributed by atoms with Crippen molar-refractivity contribution in [3.05, 3.63) is 24.0 Å². The van der Waals surface area contributed by atoms with E-state index in [9.17, 15) is 18.0 Å². The molecule has 0 aromatic carbocycles. The van der Waals surface area contributed by atoms with Crippen LogP contribution < -0.4 is 10.6 Å². The maximum Gasteiger partial charge on any atom is 0.433 e. The molecule has 0 unspecified atom stereocenters. The van der Waals surface area contributed by atoms with E-state index >= 15 is 0 Å². The Labute approximate surface area is 113 Å². The molecular weight excluding hydrogens is 275 g/mol. The van der Waals surface area contributed by atoms with Crippen molar-refractivity contribution in [3.8, 4) is 0 Å². The summed E-state index contributed by atoms with van der Waals surface area (Å²) in [5.41, 5.74) is -1.15. The summed E-state index contributed by atoms with van der Waals surface area (Å²) in [4.78, 5) is 14.8. The molecule has 1 amide bonds. The molecule has 1 aromatic rings. The minimum Gasteiger partial charge on any atom is -0.363 e. The van der Waals surface area contributed by atoms with Gasteiger partial charge in [0.15, 0.2) is 0 Å². The van der Waals surface area contributed by atoms with Crippen molar-refractivity contribution >= 4 is 11.6 Å². The largest absolute Gasteiger partial charge is 0.433 e. The van der Waals surface area contributed by atoms with Gasteiger partial charge in [-0.1, -0.05) is 0 Å². The molecule has 0 radical (unpaired) electrons. The van der Waals surface area contributed by atoms with Crippen molar-refractivity contribution < 1.29 is 22.7 Å². The number of nitrogens with zero attached hydrogens (tertiary/aromatic N) is 1. The standard InChI is InChI=1S/C12H14F3N3O2/c1-11(6-16-7-11)20-5-10(19)18-8-2-3-9(17-4-8)12(13,14)15/h2-4,16H,5-7H2,1H3,(H,18,19). The summed E-state index contributed by atoms with van der Waals surface area (Å²) in [5, 5.41) is 5.45. The topological polar surface area (TPSA) is 63.2 Å². The third-order valence-electron chi connectivity index (χ3n) is 2.89. The van der Waals surface area contributed by atoms with Gasteiger partial charge in [-0.2, -0.15) is 13.2 Å². The number of rotatable bonds is 4. The van der Waals surface area contributed by atoms with Crippen LogP contribution in [0.2, 0.25) is 0 Å². The van der Waals surface area contributed by atoms with Crippen LogP contribution in [-0.2, 0) is 15.7 Å². The summed E-state index contributed by atoms with van der Waals surface area (Å²) >= 11 is 0. The number of hydrogen-bond donors (Lipinski definition) is 2. The van der Waals surface area contributed by atoms with Crippen LogP contribution >= 0.6 is 0 Å². The van der Waals surface area contributed by atoms with Gasteiger partial charge < -0.3 is 15.4 Å². The average molecular weight is 289 g/mol. The molecule has 20 heavy (non-hydrogen) atoms. The lowest BCUT2D eigenvalue weighted by Crippen LogP contribution is -2.59. The molecule has 0 atom stereocenters. The lowest BCUT2D eigenvalue weighted by molar-refractivity contribution is -0.141. The molecular formula is C12H14F3N3O2. The third kappa shape index (κ3) is 3.67. The first kappa shape index (κ1) is 14.7. The fraction of sp³-hybridized carbons (Fsp3) is 0.500. The van der Waals surface area contributed by atoms with E-state index in [0.29, 0.717) is 13.1 Å². The van der Waals surface area contributed by atoms with Crippen molar-refractivity contribution in [1.82, 2.24) is 10.3 Å². The normalized spacial score (nSPS) is 17.4. The van der Waals surface area contributed by atoms with Gasteiger partial charge in [-0.25, -0.2) is 4.98 Å². The third-order valence-corrected chi connectivity index (χ3v) is 2.89. The fourth-order valence-electron chi connectivity index (χ4n) is 1.65. The lowest BCUT2D eigenvalue weighted by Gasteiger charge is -2.38. The predicted molar refractivity (Wildman–Crippen MR) is 65.1 cm³/mol. The maximum absolute atomic E-state index is 12.3. The first-order chi connectivity index (χ1) is 9.28. The summed E-state index contributed by atoms with van der Waals surface area (Å²) in [6, 6.07) is 1.97. The average Bonchev–Trinajstić information content (AvgIpc) is 2.33. The van der Waals surface area contributed by atoms with Gasteiger partial charge in [-0.05, 0) is 19.1 Å². The minimum absolute atomic E-state index is 0.154. The molecule has 1 aliphatic heterocycles. The molecule has 2 N–H and O–H groups in total. The zero-order valence-electron chi connectivity index (χ0n) is 10.8. The Morgan fingerprint density at radius 2 is 2.20 bits per heavy atom. The van der Waals surface area contributed by atoms with Gasteiger partial charge in [-0.15, -0.1) is 0 Å².